The number of ether oxygens (including phenoxy) is 1. The van der Waals surface area contributed by atoms with Crippen molar-refractivity contribution in [1.29, 1.82) is 0 Å². The van der Waals surface area contributed by atoms with Gasteiger partial charge >= 0.3 is 17.1 Å². The van der Waals surface area contributed by atoms with Gasteiger partial charge in [0.25, 0.3) is 0 Å². The van der Waals surface area contributed by atoms with Crippen molar-refractivity contribution in [2.24, 2.45) is 0 Å². The van der Waals surface area contributed by atoms with E-state index in [4.69, 9.17) is 35.4 Å². The molecule has 129 valence electrons. The summed E-state index contributed by atoms with van der Waals surface area (Å²) < 4.78 is 5.36. The molecule has 13 heteroatoms. The van der Waals surface area contributed by atoms with Gasteiger partial charge in [0.05, 0.1) is 23.4 Å². The molecule has 1 heterocycles. The van der Waals surface area contributed by atoms with Gasteiger partial charge < -0.3 is 51.3 Å². The molecular formula is C8H19CuN5O7. The fourth-order valence-electron chi connectivity index (χ4n) is 1.12. The van der Waals surface area contributed by atoms with E-state index in [2.05, 4.69) is 16.0 Å². The number of hydrogen-bond donors (Lipinski definition) is 3. The summed E-state index contributed by atoms with van der Waals surface area (Å²) in [5.74, 6) is 0. The molecule has 3 N–H and O–H groups in total. The Labute approximate surface area is 131 Å². The predicted molar refractivity (Wildman–Crippen MR) is 70.2 cm³/mol. The molecule has 0 bridgehead atoms. The predicted octanol–water partition coefficient (Wildman–Crippen LogP) is -1.70. The average molecular weight is 361 g/mol. The molecule has 1 saturated heterocycles. The van der Waals surface area contributed by atoms with E-state index < -0.39 is 10.2 Å². The van der Waals surface area contributed by atoms with Crippen molar-refractivity contribution in [3.05, 3.63) is 30.6 Å². The Kier molecular flexibility index (Phi) is 24.8. The van der Waals surface area contributed by atoms with Gasteiger partial charge in [-0.25, -0.2) is 0 Å². The largest absolute Gasteiger partial charge is 2.00 e. The summed E-state index contributed by atoms with van der Waals surface area (Å²) in [6.07, 6.45) is 0. The van der Waals surface area contributed by atoms with Gasteiger partial charge in [-0.2, -0.15) is 0 Å². The second-order valence-corrected chi connectivity index (χ2v) is 3.31. The van der Waals surface area contributed by atoms with Crippen LogP contribution in [0.5, 0.6) is 0 Å². The van der Waals surface area contributed by atoms with E-state index >= 15 is 0 Å². The molecule has 0 amide bonds. The van der Waals surface area contributed by atoms with E-state index in [9.17, 15) is 0 Å². The first-order valence-corrected chi connectivity index (χ1v) is 5.79. The molecule has 1 aliphatic rings. The maximum atomic E-state index is 8.25. The van der Waals surface area contributed by atoms with E-state index in [0.29, 0.717) is 0 Å². The van der Waals surface area contributed by atoms with Gasteiger partial charge in [0.1, 0.15) is 0 Å². The van der Waals surface area contributed by atoms with Crippen LogP contribution in [-0.4, -0.2) is 62.7 Å². The average Bonchev–Trinajstić information content (AvgIpc) is 2.28. The van der Waals surface area contributed by atoms with Crippen LogP contribution in [0.15, 0.2) is 0 Å². The first-order chi connectivity index (χ1) is 9.46. The Morgan fingerprint density at radius 3 is 1.19 bits per heavy atom. The zero-order chi connectivity index (χ0) is 15.6. The molecular weight excluding hydrogens is 342 g/mol. The van der Waals surface area contributed by atoms with E-state index in [-0.39, 0.29) is 17.1 Å². The third kappa shape index (κ3) is 45.5. The molecule has 12 nitrogen and oxygen atoms in total. The molecule has 1 radical (unpaired) electrons. The maximum Gasteiger partial charge on any atom is 2.00 e. The van der Waals surface area contributed by atoms with Crippen molar-refractivity contribution in [2.45, 2.75) is 0 Å². The Hall–Kier alpha value is -1.24. The zero-order valence-corrected chi connectivity index (χ0v) is 12.2. The molecule has 1 rings (SSSR count). The van der Waals surface area contributed by atoms with E-state index in [1.54, 1.807) is 0 Å². The smallest absolute Gasteiger partial charge is 0.379 e. The molecule has 0 aromatic carbocycles. The van der Waals surface area contributed by atoms with Crippen molar-refractivity contribution in [3.63, 3.8) is 0 Å². The monoisotopic (exact) mass is 360 g/mol. The van der Waals surface area contributed by atoms with Crippen molar-refractivity contribution in [2.75, 3.05) is 52.5 Å². The van der Waals surface area contributed by atoms with Crippen LogP contribution >= 0.6 is 0 Å². The molecule has 0 aromatic rings. The molecule has 21 heavy (non-hydrogen) atoms. The van der Waals surface area contributed by atoms with Crippen LogP contribution in [0.25, 0.3) is 0 Å². The molecule has 0 spiro atoms. The van der Waals surface area contributed by atoms with E-state index in [1.165, 1.54) is 0 Å². The minimum absolute atomic E-state index is 0. The van der Waals surface area contributed by atoms with Crippen molar-refractivity contribution >= 4 is 0 Å². The van der Waals surface area contributed by atoms with Crippen molar-refractivity contribution < 1.29 is 32.0 Å². The minimum Gasteiger partial charge on any atom is -0.379 e. The van der Waals surface area contributed by atoms with Crippen LogP contribution in [0.3, 0.4) is 0 Å². The van der Waals surface area contributed by atoms with Crippen LogP contribution in [0, 0.1) is 30.6 Å². The van der Waals surface area contributed by atoms with Gasteiger partial charge in [-0.3, -0.25) is 0 Å². The van der Waals surface area contributed by atoms with Gasteiger partial charge in [-0.15, -0.1) is 0 Å². The molecule has 1 aliphatic heterocycles. The minimum atomic E-state index is -1.75. The Morgan fingerprint density at radius 2 is 0.905 bits per heavy atom. The van der Waals surface area contributed by atoms with Crippen LogP contribution in [0.2, 0.25) is 0 Å². The maximum absolute atomic E-state index is 8.25. The third-order valence-electron chi connectivity index (χ3n) is 1.80. The Balaban J connectivity index is -0.000000304. The summed E-state index contributed by atoms with van der Waals surface area (Å²) in [6, 6.07) is 0. The van der Waals surface area contributed by atoms with Gasteiger partial charge in [0, 0.05) is 39.3 Å². The Morgan fingerprint density at radius 1 is 0.667 bits per heavy atom. The number of rotatable bonds is 0. The van der Waals surface area contributed by atoms with Crippen LogP contribution in [0.4, 0.5) is 0 Å². The summed E-state index contributed by atoms with van der Waals surface area (Å²) in [5.41, 5.74) is 0. The number of nitrogens with zero attached hydrogens (tertiary/aromatic N) is 2. The molecule has 1 fully saturated rings. The van der Waals surface area contributed by atoms with Crippen LogP contribution in [-0.2, 0) is 21.8 Å². The van der Waals surface area contributed by atoms with Gasteiger partial charge in [0.2, 0.25) is 0 Å². The molecule has 0 aromatic heterocycles. The van der Waals surface area contributed by atoms with Crippen LogP contribution in [0.1, 0.15) is 0 Å². The summed E-state index contributed by atoms with van der Waals surface area (Å²) in [4.78, 5) is 16.5. The SMILES string of the molecule is C1CNCCOCCNCCN1.O=[N+]([O-])[O-].O=[N+]([O-])[O-].[Cu+2]. The summed E-state index contributed by atoms with van der Waals surface area (Å²) >= 11 is 0. The number of nitrogens with one attached hydrogen (secondary N) is 3. The standard InChI is InChI=1S/C8H19N3O.Cu.2NO3/c1-3-10-5-7-12-8-6-11-4-2-9-1;;2*2-1(3)4/h9-11H,1-8H2;;;/q;+2;2*-1. The second-order valence-electron chi connectivity index (χ2n) is 3.31. The van der Waals surface area contributed by atoms with Gasteiger partial charge in [-0.1, -0.05) is 0 Å². The van der Waals surface area contributed by atoms with Gasteiger partial charge in [0.15, 0.2) is 0 Å². The van der Waals surface area contributed by atoms with Gasteiger partial charge in [-0.05, 0) is 0 Å². The molecule has 0 atom stereocenters. The molecule has 0 unspecified atom stereocenters. The Bertz CT molecular complexity index is 186. The first-order valence-electron chi connectivity index (χ1n) is 5.79. The quantitative estimate of drug-likeness (QED) is 0.256. The normalized spacial score (nSPS) is 16.0. The second kappa shape index (κ2) is 21.1. The fourth-order valence-corrected chi connectivity index (χ4v) is 1.12. The molecule has 0 aliphatic carbocycles. The topological polar surface area (TPSA) is 178 Å². The number of hydrogen-bond acceptors (Lipinski definition) is 10. The van der Waals surface area contributed by atoms with Crippen LogP contribution < -0.4 is 16.0 Å². The zero-order valence-electron chi connectivity index (χ0n) is 11.2. The molecule has 0 saturated carbocycles. The van der Waals surface area contributed by atoms with Crippen molar-refractivity contribution in [1.82, 2.24) is 16.0 Å². The van der Waals surface area contributed by atoms with E-state index in [1.807, 2.05) is 0 Å². The summed E-state index contributed by atoms with van der Waals surface area (Å²) in [7, 11) is 0. The summed E-state index contributed by atoms with van der Waals surface area (Å²) in [6.45, 7) is 7.71. The van der Waals surface area contributed by atoms with Crippen molar-refractivity contribution in [3.8, 4) is 0 Å². The first kappa shape index (κ1) is 24.8. The third-order valence-corrected chi connectivity index (χ3v) is 1.80. The van der Waals surface area contributed by atoms with E-state index in [0.717, 1.165) is 52.5 Å². The fraction of sp³-hybridized carbons (Fsp3) is 1.00. The summed E-state index contributed by atoms with van der Waals surface area (Å²) in [5, 5.41) is 39.4.